The van der Waals surface area contributed by atoms with Gasteiger partial charge in [0.15, 0.2) is 5.82 Å². The summed E-state index contributed by atoms with van der Waals surface area (Å²) in [6, 6.07) is 3.77. The molecule has 0 aliphatic heterocycles. The summed E-state index contributed by atoms with van der Waals surface area (Å²) in [5.41, 5.74) is 2.91. The van der Waals surface area contributed by atoms with E-state index < -0.39 is 5.82 Å². The molecule has 0 bridgehead atoms. The zero-order valence-corrected chi connectivity index (χ0v) is 12.1. The Balaban J connectivity index is 2.55. The van der Waals surface area contributed by atoms with E-state index in [-0.39, 0.29) is 0 Å². The number of nitrogens with one attached hydrogen (secondary N) is 1. The summed E-state index contributed by atoms with van der Waals surface area (Å²) in [6.07, 6.45) is 1.19. The predicted octanol–water partition coefficient (Wildman–Crippen LogP) is 3.34. The Morgan fingerprint density at radius 2 is 2.00 bits per heavy atom. The van der Waals surface area contributed by atoms with E-state index in [1.165, 1.54) is 6.20 Å². The minimum Gasteiger partial charge on any atom is -0.496 e. The smallest absolute Gasteiger partial charge is 0.223 e. The molecular weight excluding hydrogens is 257 g/mol. The van der Waals surface area contributed by atoms with Gasteiger partial charge in [-0.15, -0.1) is 0 Å². The predicted molar refractivity (Wildman–Crippen MR) is 77.6 cm³/mol. The third-order valence-corrected chi connectivity index (χ3v) is 3.08. The molecule has 0 spiro atoms. The van der Waals surface area contributed by atoms with Crippen LogP contribution >= 0.6 is 0 Å². The number of halogens is 1. The summed E-state index contributed by atoms with van der Waals surface area (Å²) in [7, 11) is 1.62. The first kappa shape index (κ1) is 14.2. The van der Waals surface area contributed by atoms with E-state index >= 15 is 0 Å². The van der Waals surface area contributed by atoms with E-state index in [4.69, 9.17) is 4.74 Å². The van der Waals surface area contributed by atoms with E-state index in [1.807, 2.05) is 32.9 Å². The molecular formula is C15H18FN3O. The molecule has 20 heavy (non-hydrogen) atoms. The number of hydrogen-bond donors (Lipinski definition) is 1. The van der Waals surface area contributed by atoms with Crippen molar-refractivity contribution in [2.45, 2.75) is 20.8 Å². The van der Waals surface area contributed by atoms with Crippen LogP contribution in [0, 0.1) is 19.7 Å². The van der Waals surface area contributed by atoms with Crippen LogP contribution < -0.4 is 10.1 Å². The Bertz CT molecular complexity index is 629. The Labute approximate surface area is 118 Å². The second kappa shape index (κ2) is 5.86. The molecule has 1 aromatic carbocycles. The minimum atomic E-state index is -0.431. The normalized spacial score (nSPS) is 10.4. The topological polar surface area (TPSA) is 47.0 Å². The molecule has 0 saturated heterocycles. The van der Waals surface area contributed by atoms with Gasteiger partial charge in [0.05, 0.1) is 13.3 Å². The largest absolute Gasteiger partial charge is 0.496 e. The maximum absolute atomic E-state index is 14.0. The van der Waals surface area contributed by atoms with Gasteiger partial charge in [0.2, 0.25) is 5.95 Å². The van der Waals surface area contributed by atoms with Gasteiger partial charge in [0.25, 0.3) is 0 Å². The van der Waals surface area contributed by atoms with Gasteiger partial charge in [-0.05, 0) is 44.0 Å². The molecule has 5 heteroatoms. The van der Waals surface area contributed by atoms with Gasteiger partial charge < -0.3 is 10.1 Å². The monoisotopic (exact) mass is 275 g/mol. The van der Waals surface area contributed by atoms with Gasteiger partial charge in [-0.2, -0.15) is 0 Å². The lowest BCUT2D eigenvalue weighted by molar-refractivity contribution is 0.411. The molecule has 1 heterocycles. The molecule has 0 amide bonds. The zero-order valence-electron chi connectivity index (χ0n) is 12.1. The molecule has 0 aliphatic carbocycles. The fourth-order valence-corrected chi connectivity index (χ4v) is 2.06. The highest BCUT2D eigenvalue weighted by molar-refractivity contribution is 5.67. The molecule has 0 radical (unpaired) electrons. The van der Waals surface area contributed by atoms with Crippen molar-refractivity contribution in [3.05, 3.63) is 35.3 Å². The minimum absolute atomic E-state index is 0.305. The number of anilines is 1. The van der Waals surface area contributed by atoms with E-state index in [0.29, 0.717) is 18.2 Å². The lowest BCUT2D eigenvalue weighted by Gasteiger charge is -2.12. The lowest BCUT2D eigenvalue weighted by atomic mass is 10.0. The summed E-state index contributed by atoms with van der Waals surface area (Å²) in [5, 5.41) is 2.99. The molecule has 4 nitrogen and oxygen atoms in total. The average molecular weight is 275 g/mol. The van der Waals surface area contributed by atoms with Crippen molar-refractivity contribution in [1.82, 2.24) is 9.97 Å². The van der Waals surface area contributed by atoms with E-state index in [0.717, 1.165) is 22.4 Å². The highest BCUT2D eigenvalue weighted by Crippen LogP contribution is 2.30. The number of ether oxygens (including phenoxy) is 1. The van der Waals surface area contributed by atoms with Gasteiger partial charge in [-0.1, -0.05) is 0 Å². The molecule has 0 unspecified atom stereocenters. The molecule has 106 valence electrons. The highest BCUT2D eigenvalue weighted by Gasteiger charge is 2.14. The molecule has 0 fully saturated rings. The number of hydrogen-bond acceptors (Lipinski definition) is 4. The fraction of sp³-hybridized carbons (Fsp3) is 0.333. The van der Waals surface area contributed by atoms with Gasteiger partial charge in [0, 0.05) is 12.1 Å². The summed E-state index contributed by atoms with van der Waals surface area (Å²) in [4.78, 5) is 8.17. The second-order valence-electron chi connectivity index (χ2n) is 4.56. The van der Waals surface area contributed by atoms with Crippen LogP contribution in [0.5, 0.6) is 5.75 Å². The first-order chi connectivity index (χ1) is 9.56. The highest BCUT2D eigenvalue weighted by atomic mass is 19.1. The van der Waals surface area contributed by atoms with Crippen molar-refractivity contribution in [3.8, 4) is 17.0 Å². The molecule has 0 aliphatic rings. The molecule has 1 N–H and O–H groups in total. The van der Waals surface area contributed by atoms with Crippen LogP contribution in [0.3, 0.4) is 0 Å². The van der Waals surface area contributed by atoms with Crippen LogP contribution in [0.2, 0.25) is 0 Å². The molecule has 1 aromatic heterocycles. The van der Waals surface area contributed by atoms with Crippen LogP contribution in [-0.2, 0) is 0 Å². The summed E-state index contributed by atoms with van der Waals surface area (Å²) < 4.78 is 19.3. The zero-order chi connectivity index (χ0) is 14.7. The van der Waals surface area contributed by atoms with Crippen LogP contribution in [0.15, 0.2) is 18.3 Å². The van der Waals surface area contributed by atoms with Crippen molar-refractivity contribution in [2.75, 3.05) is 19.0 Å². The fourth-order valence-electron chi connectivity index (χ4n) is 2.06. The van der Waals surface area contributed by atoms with Crippen molar-refractivity contribution < 1.29 is 9.13 Å². The maximum atomic E-state index is 14.0. The number of benzene rings is 1. The molecule has 2 rings (SSSR count). The number of aromatic nitrogens is 2. The average Bonchev–Trinajstić information content (AvgIpc) is 2.43. The Kier molecular flexibility index (Phi) is 4.17. The van der Waals surface area contributed by atoms with Crippen LogP contribution in [-0.4, -0.2) is 23.6 Å². The van der Waals surface area contributed by atoms with Crippen LogP contribution in [0.25, 0.3) is 11.3 Å². The van der Waals surface area contributed by atoms with Crippen LogP contribution in [0.4, 0.5) is 10.3 Å². The van der Waals surface area contributed by atoms with Gasteiger partial charge in [-0.25, -0.2) is 14.4 Å². The van der Waals surface area contributed by atoms with Gasteiger partial charge >= 0.3 is 0 Å². The molecule has 0 atom stereocenters. The SMILES string of the molecule is CCNc1ncc(F)c(-c2cc(C)c(OC)cc2C)n1. The summed E-state index contributed by atoms with van der Waals surface area (Å²) in [5.74, 6) is 0.781. The maximum Gasteiger partial charge on any atom is 0.223 e. The quantitative estimate of drug-likeness (QED) is 0.929. The van der Waals surface area contributed by atoms with E-state index in [1.54, 1.807) is 7.11 Å². The van der Waals surface area contributed by atoms with Gasteiger partial charge in [0.1, 0.15) is 11.4 Å². The first-order valence-electron chi connectivity index (χ1n) is 6.48. The third-order valence-electron chi connectivity index (χ3n) is 3.08. The van der Waals surface area contributed by atoms with Crippen molar-refractivity contribution in [1.29, 1.82) is 0 Å². The Hall–Kier alpha value is -2.17. The van der Waals surface area contributed by atoms with Crippen molar-refractivity contribution in [2.24, 2.45) is 0 Å². The van der Waals surface area contributed by atoms with E-state index in [9.17, 15) is 4.39 Å². The van der Waals surface area contributed by atoms with Gasteiger partial charge in [-0.3, -0.25) is 0 Å². The van der Waals surface area contributed by atoms with Crippen molar-refractivity contribution >= 4 is 5.95 Å². The van der Waals surface area contributed by atoms with E-state index in [2.05, 4.69) is 15.3 Å². The molecule has 0 saturated carbocycles. The van der Waals surface area contributed by atoms with Crippen molar-refractivity contribution in [3.63, 3.8) is 0 Å². The summed E-state index contributed by atoms with van der Waals surface area (Å²) >= 11 is 0. The lowest BCUT2D eigenvalue weighted by Crippen LogP contribution is -2.04. The summed E-state index contributed by atoms with van der Waals surface area (Å²) in [6.45, 7) is 6.46. The standard InChI is InChI=1S/C15H18FN3O/c1-5-17-15-18-8-12(16)14(19-15)11-6-10(3)13(20-4)7-9(11)2/h6-8H,5H2,1-4H3,(H,17,18,19). The third kappa shape index (κ3) is 2.71. The molecule has 2 aromatic rings. The second-order valence-corrected chi connectivity index (χ2v) is 4.56. The first-order valence-corrected chi connectivity index (χ1v) is 6.48. The Morgan fingerprint density at radius 3 is 2.65 bits per heavy atom. The number of methoxy groups -OCH3 is 1. The van der Waals surface area contributed by atoms with Crippen LogP contribution in [0.1, 0.15) is 18.1 Å². The Morgan fingerprint density at radius 1 is 1.25 bits per heavy atom. The number of nitrogens with zero attached hydrogens (tertiary/aromatic N) is 2. The number of aryl methyl sites for hydroxylation is 2. The number of rotatable bonds is 4.